The van der Waals surface area contributed by atoms with Gasteiger partial charge in [-0.2, -0.15) is 0 Å². The Bertz CT molecular complexity index is 78.2. The third-order valence-corrected chi connectivity index (χ3v) is 1.50. The number of hydrogen-bond acceptors (Lipinski definition) is 3. The summed E-state index contributed by atoms with van der Waals surface area (Å²) >= 11 is 0. The molecule has 0 aliphatic carbocycles. The van der Waals surface area contributed by atoms with E-state index in [1.807, 2.05) is 0 Å². The SMILES string of the molecule is CCCC(N)OC(N)CCC. The third kappa shape index (κ3) is 6.28. The van der Waals surface area contributed by atoms with Crippen LogP contribution in [0.15, 0.2) is 0 Å². The Hall–Kier alpha value is -0.120. The molecule has 0 saturated carbocycles. The van der Waals surface area contributed by atoms with Gasteiger partial charge in [0.05, 0.1) is 0 Å². The van der Waals surface area contributed by atoms with E-state index in [2.05, 4.69) is 13.8 Å². The van der Waals surface area contributed by atoms with E-state index in [0.29, 0.717) is 0 Å². The first-order chi connectivity index (χ1) is 5.20. The Balaban J connectivity index is 3.32. The number of nitrogens with two attached hydrogens (primary N) is 2. The summed E-state index contributed by atoms with van der Waals surface area (Å²) in [5.41, 5.74) is 11.2. The van der Waals surface area contributed by atoms with Gasteiger partial charge in [-0.3, -0.25) is 0 Å². The zero-order valence-corrected chi connectivity index (χ0v) is 7.55. The van der Waals surface area contributed by atoms with Gasteiger partial charge in [-0.15, -0.1) is 0 Å². The normalized spacial score (nSPS) is 16.4. The van der Waals surface area contributed by atoms with E-state index in [-0.39, 0.29) is 12.5 Å². The van der Waals surface area contributed by atoms with Gasteiger partial charge in [-0.25, -0.2) is 0 Å². The molecule has 0 fully saturated rings. The van der Waals surface area contributed by atoms with E-state index < -0.39 is 0 Å². The molecule has 0 amide bonds. The Kier molecular flexibility index (Phi) is 6.51. The maximum atomic E-state index is 5.61. The van der Waals surface area contributed by atoms with Crippen molar-refractivity contribution in [2.45, 2.75) is 52.0 Å². The predicted molar refractivity (Wildman–Crippen MR) is 46.9 cm³/mol. The van der Waals surface area contributed by atoms with E-state index in [4.69, 9.17) is 16.2 Å². The number of ether oxygens (including phenoxy) is 1. The number of rotatable bonds is 6. The molecular weight excluding hydrogens is 140 g/mol. The molecule has 11 heavy (non-hydrogen) atoms. The average molecular weight is 160 g/mol. The van der Waals surface area contributed by atoms with E-state index >= 15 is 0 Å². The van der Waals surface area contributed by atoms with E-state index in [1.165, 1.54) is 0 Å². The molecule has 4 N–H and O–H groups in total. The molecule has 2 unspecified atom stereocenters. The van der Waals surface area contributed by atoms with Crippen molar-refractivity contribution in [3.63, 3.8) is 0 Å². The van der Waals surface area contributed by atoms with Gasteiger partial charge in [0.1, 0.15) is 12.5 Å². The van der Waals surface area contributed by atoms with Crippen LogP contribution in [0.25, 0.3) is 0 Å². The van der Waals surface area contributed by atoms with Gasteiger partial charge in [0.25, 0.3) is 0 Å². The molecule has 0 aromatic heterocycles. The summed E-state index contributed by atoms with van der Waals surface area (Å²) in [5.74, 6) is 0. The van der Waals surface area contributed by atoms with E-state index in [9.17, 15) is 0 Å². The number of hydrogen-bond donors (Lipinski definition) is 2. The molecule has 0 heterocycles. The van der Waals surface area contributed by atoms with Crippen molar-refractivity contribution in [1.29, 1.82) is 0 Å². The molecular formula is C8H20N2O. The summed E-state index contributed by atoms with van der Waals surface area (Å²) in [6.07, 6.45) is 3.50. The van der Waals surface area contributed by atoms with Crippen molar-refractivity contribution < 1.29 is 4.74 Å². The molecule has 0 spiro atoms. The van der Waals surface area contributed by atoms with Gasteiger partial charge in [0, 0.05) is 0 Å². The molecule has 0 aliphatic rings. The molecule has 68 valence electrons. The molecule has 0 aliphatic heterocycles. The van der Waals surface area contributed by atoms with Gasteiger partial charge in [-0.05, 0) is 12.8 Å². The second-order valence-electron chi connectivity index (χ2n) is 2.79. The van der Waals surface area contributed by atoms with Crippen LogP contribution in [0, 0.1) is 0 Å². The summed E-state index contributed by atoms with van der Waals surface area (Å²) in [4.78, 5) is 0. The van der Waals surface area contributed by atoms with Crippen molar-refractivity contribution in [2.75, 3.05) is 0 Å². The first kappa shape index (κ1) is 10.9. The Labute approximate surface area is 69.1 Å². The minimum absolute atomic E-state index is 0.179. The van der Waals surface area contributed by atoms with Crippen molar-refractivity contribution in [1.82, 2.24) is 0 Å². The summed E-state index contributed by atoms with van der Waals surface area (Å²) in [7, 11) is 0. The largest absolute Gasteiger partial charge is 0.346 e. The lowest BCUT2D eigenvalue weighted by molar-refractivity contribution is -0.0139. The fourth-order valence-corrected chi connectivity index (χ4v) is 0.930. The molecule has 0 rings (SSSR count). The Morgan fingerprint density at radius 2 is 1.36 bits per heavy atom. The molecule has 3 heteroatoms. The summed E-state index contributed by atoms with van der Waals surface area (Å²) < 4.78 is 5.29. The van der Waals surface area contributed by atoms with Crippen molar-refractivity contribution in [3.8, 4) is 0 Å². The van der Waals surface area contributed by atoms with Crippen LogP contribution in [0.2, 0.25) is 0 Å². The standard InChI is InChI=1S/C8H20N2O/c1-3-5-7(9)11-8(10)6-4-2/h7-8H,3-6,9-10H2,1-2H3. The quantitative estimate of drug-likeness (QED) is 0.573. The monoisotopic (exact) mass is 160 g/mol. The van der Waals surface area contributed by atoms with E-state index in [1.54, 1.807) is 0 Å². The van der Waals surface area contributed by atoms with Gasteiger partial charge in [-0.1, -0.05) is 26.7 Å². The first-order valence-electron chi connectivity index (χ1n) is 4.37. The van der Waals surface area contributed by atoms with E-state index in [0.717, 1.165) is 25.7 Å². The van der Waals surface area contributed by atoms with Crippen LogP contribution >= 0.6 is 0 Å². The van der Waals surface area contributed by atoms with Crippen LogP contribution in [0.4, 0.5) is 0 Å². The highest BCUT2D eigenvalue weighted by atomic mass is 16.5. The average Bonchev–Trinajstić information content (AvgIpc) is 1.87. The molecule has 3 nitrogen and oxygen atoms in total. The highest BCUT2D eigenvalue weighted by molar-refractivity contribution is 4.51. The summed E-state index contributed by atoms with van der Waals surface area (Å²) in [6.45, 7) is 4.16. The fraction of sp³-hybridized carbons (Fsp3) is 1.00. The van der Waals surface area contributed by atoms with Crippen LogP contribution < -0.4 is 11.5 Å². The van der Waals surface area contributed by atoms with Crippen molar-refractivity contribution >= 4 is 0 Å². The Morgan fingerprint density at radius 3 is 1.64 bits per heavy atom. The van der Waals surface area contributed by atoms with Gasteiger partial charge in [0.15, 0.2) is 0 Å². The lowest BCUT2D eigenvalue weighted by Crippen LogP contribution is -2.34. The summed E-state index contributed by atoms with van der Waals surface area (Å²) in [5, 5.41) is 0. The maximum absolute atomic E-state index is 5.61. The molecule has 2 atom stereocenters. The minimum Gasteiger partial charge on any atom is -0.346 e. The van der Waals surface area contributed by atoms with Gasteiger partial charge in [0.2, 0.25) is 0 Å². The Morgan fingerprint density at radius 1 is 1.00 bits per heavy atom. The molecule has 0 bridgehead atoms. The lowest BCUT2D eigenvalue weighted by atomic mass is 10.3. The minimum atomic E-state index is -0.179. The second-order valence-corrected chi connectivity index (χ2v) is 2.79. The molecule has 0 aromatic carbocycles. The summed E-state index contributed by atoms with van der Waals surface area (Å²) in [6, 6.07) is 0. The van der Waals surface area contributed by atoms with Crippen LogP contribution in [-0.4, -0.2) is 12.5 Å². The molecule has 0 radical (unpaired) electrons. The fourth-order valence-electron chi connectivity index (χ4n) is 0.930. The van der Waals surface area contributed by atoms with Crippen molar-refractivity contribution in [3.05, 3.63) is 0 Å². The maximum Gasteiger partial charge on any atom is 0.107 e. The predicted octanol–water partition coefficient (Wildman–Crippen LogP) is 1.17. The van der Waals surface area contributed by atoms with Crippen LogP contribution in [0.3, 0.4) is 0 Å². The van der Waals surface area contributed by atoms with Gasteiger partial charge < -0.3 is 16.2 Å². The molecule has 0 saturated heterocycles. The van der Waals surface area contributed by atoms with Crippen LogP contribution in [0.5, 0.6) is 0 Å². The zero-order chi connectivity index (χ0) is 8.69. The topological polar surface area (TPSA) is 61.3 Å². The van der Waals surface area contributed by atoms with Crippen LogP contribution in [0.1, 0.15) is 39.5 Å². The van der Waals surface area contributed by atoms with Crippen LogP contribution in [-0.2, 0) is 4.74 Å². The highest BCUT2D eigenvalue weighted by Gasteiger charge is 2.06. The van der Waals surface area contributed by atoms with Crippen molar-refractivity contribution in [2.24, 2.45) is 11.5 Å². The second kappa shape index (κ2) is 6.58. The smallest absolute Gasteiger partial charge is 0.107 e. The lowest BCUT2D eigenvalue weighted by Gasteiger charge is -2.17. The first-order valence-corrected chi connectivity index (χ1v) is 4.37. The van der Waals surface area contributed by atoms with Gasteiger partial charge >= 0.3 is 0 Å². The highest BCUT2D eigenvalue weighted by Crippen LogP contribution is 2.01. The zero-order valence-electron chi connectivity index (χ0n) is 7.55. The third-order valence-electron chi connectivity index (χ3n) is 1.50. The molecule has 0 aromatic rings.